The van der Waals surface area contributed by atoms with E-state index in [1.807, 2.05) is 25.1 Å². The Hall–Kier alpha value is -3.25. The van der Waals surface area contributed by atoms with Crippen molar-refractivity contribution in [3.05, 3.63) is 78.1 Å². The molecule has 2 N–H and O–H groups in total. The molecule has 1 fully saturated rings. The second-order valence-electron chi connectivity index (χ2n) is 7.23. The van der Waals surface area contributed by atoms with Gasteiger partial charge in [0.15, 0.2) is 0 Å². The molecule has 0 saturated heterocycles. The minimum Gasteiger partial charge on any atom is -0.345 e. The summed E-state index contributed by atoms with van der Waals surface area (Å²) in [5, 5.41) is 3.44. The number of hydrogen-bond donors (Lipinski definition) is 2. The maximum absolute atomic E-state index is 12.0. The smallest absolute Gasteiger partial charge is 0.277 e. The fourth-order valence-electron chi connectivity index (χ4n) is 3.22. The Morgan fingerprint density at radius 2 is 1.66 bits per heavy atom. The number of amides is 1. The van der Waals surface area contributed by atoms with Crippen molar-refractivity contribution >= 4 is 11.9 Å². The summed E-state index contributed by atoms with van der Waals surface area (Å²) in [6.45, 7) is 2.44. The van der Waals surface area contributed by atoms with Crippen LogP contribution in [0.4, 0.5) is 5.95 Å². The normalized spacial score (nSPS) is 14.2. The summed E-state index contributed by atoms with van der Waals surface area (Å²) in [5.41, 5.74) is 6.23. The molecule has 1 amide bonds. The summed E-state index contributed by atoms with van der Waals surface area (Å²) in [6.07, 6.45) is 5.89. The Morgan fingerprint density at radius 1 is 1.00 bits per heavy atom. The van der Waals surface area contributed by atoms with Crippen LogP contribution in [0.25, 0.3) is 11.1 Å². The Bertz CT molecular complexity index is 952. The lowest BCUT2D eigenvalue weighted by molar-refractivity contribution is 0.0314. The molecule has 0 unspecified atom stereocenters. The zero-order valence-corrected chi connectivity index (χ0v) is 16.4. The SMILES string of the molecule is CCCONC(=O)c1cnc(NC2(c3ccc(-c4ccccc4)cc3)CC2)nc1. The maximum atomic E-state index is 12.0. The largest absolute Gasteiger partial charge is 0.345 e. The summed E-state index contributed by atoms with van der Waals surface area (Å²) in [5.74, 6) is 0.170. The predicted molar refractivity (Wildman–Crippen MR) is 112 cm³/mol. The Kier molecular flexibility index (Phi) is 5.53. The van der Waals surface area contributed by atoms with E-state index in [1.165, 1.54) is 29.1 Å². The third kappa shape index (κ3) is 4.43. The number of hydrogen-bond acceptors (Lipinski definition) is 5. The van der Waals surface area contributed by atoms with Crippen molar-refractivity contribution < 1.29 is 9.63 Å². The molecular weight excluding hydrogens is 364 g/mol. The first-order valence-electron chi connectivity index (χ1n) is 9.88. The van der Waals surface area contributed by atoms with Crippen molar-refractivity contribution in [3.8, 4) is 11.1 Å². The van der Waals surface area contributed by atoms with Crippen LogP contribution < -0.4 is 10.8 Å². The number of aromatic nitrogens is 2. The van der Waals surface area contributed by atoms with Crippen LogP contribution in [0.2, 0.25) is 0 Å². The van der Waals surface area contributed by atoms with Gasteiger partial charge < -0.3 is 5.32 Å². The van der Waals surface area contributed by atoms with Gasteiger partial charge in [-0.15, -0.1) is 0 Å². The van der Waals surface area contributed by atoms with Crippen LogP contribution in [-0.4, -0.2) is 22.5 Å². The lowest BCUT2D eigenvalue weighted by Crippen LogP contribution is -2.25. The number of benzene rings is 2. The monoisotopic (exact) mass is 388 g/mol. The molecule has 0 aliphatic heterocycles. The number of carbonyl (C=O) groups is 1. The van der Waals surface area contributed by atoms with Crippen molar-refractivity contribution in [2.45, 2.75) is 31.7 Å². The van der Waals surface area contributed by atoms with Crippen LogP contribution >= 0.6 is 0 Å². The minimum atomic E-state index is -0.345. The fraction of sp³-hybridized carbons (Fsp3) is 0.261. The zero-order chi connectivity index (χ0) is 20.1. The molecule has 1 saturated carbocycles. The number of nitrogens with zero attached hydrogens (tertiary/aromatic N) is 2. The summed E-state index contributed by atoms with van der Waals surface area (Å²) >= 11 is 0. The van der Waals surface area contributed by atoms with Crippen LogP contribution in [0.5, 0.6) is 0 Å². The number of hydroxylamine groups is 1. The zero-order valence-electron chi connectivity index (χ0n) is 16.4. The van der Waals surface area contributed by atoms with Crippen molar-refractivity contribution in [1.82, 2.24) is 15.4 Å². The summed E-state index contributed by atoms with van der Waals surface area (Å²) in [7, 11) is 0. The molecule has 2 aromatic carbocycles. The molecule has 0 bridgehead atoms. The van der Waals surface area contributed by atoms with Gasteiger partial charge in [-0.25, -0.2) is 15.4 Å². The van der Waals surface area contributed by atoms with Crippen LogP contribution in [0.3, 0.4) is 0 Å². The maximum Gasteiger partial charge on any atom is 0.277 e. The van der Waals surface area contributed by atoms with E-state index in [2.05, 4.69) is 57.2 Å². The Balaban J connectivity index is 1.42. The van der Waals surface area contributed by atoms with Gasteiger partial charge in [0.05, 0.1) is 17.7 Å². The van der Waals surface area contributed by atoms with Gasteiger partial charge in [0.25, 0.3) is 5.91 Å². The summed E-state index contributed by atoms with van der Waals surface area (Å²) in [4.78, 5) is 25.6. The molecule has 148 valence electrons. The molecule has 1 heterocycles. The summed E-state index contributed by atoms with van der Waals surface area (Å²) in [6, 6.07) is 19.0. The quantitative estimate of drug-likeness (QED) is 0.444. The van der Waals surface area contributed by atoms with Gasteiger partial charge in [0.2, 0.25) is 5.95 Å². The highest BCUT2D eigenvalue weighted by atomic mass is 16.6. The van der Waals surface area contributed by atoms with E-state index in [1.54, 1.807) is 0 Å². The van der Waals surface area contributed by atoms with Gasteiger partial charge in [-0.05, 0) is 36.0 Å². The van der Waals surface area contributed by atoms with Gasteiger partial charge in [-0.3, -0.25) is 9.63 Å². The molecule has 1 aliphatic carbocycles. The third-order valence-corrected chi connectivity index (χ3v) is 5.03. The lowest BCUT2D eigenvalue weighted by atomic mass is 9.99. The van der Waals surface area contributed by atoms with Gasteiger partial charge in [0, 0.05) is 12.4 Å². The van der Waals surface area contributed by atoms with Crippen LogP contribution in [0.15, 0.2) is 67.0 Å². The minimum absolute atomic E-state index is 0.136. The first-order valence-corrected chi connectivity index (χ1v) is 9.88. The van der Waals surface area contributed by atoms with E-state index in [9.17, 15) is 4.79 Å². The number of nitrogens with one attached hydrogen (secondary N) is 2. The molecule has 6 heteroatoms. The molecule has 4 rings (SSSR count). The second kappa shape index (κ2) is 8.41. The molecule has 1 aromatic heterocycles. The van der Waals surface area contributed by atoms with Gasteiger partial charge in [-0.2, -0.15) is 0 Å². The number of carbonyl (C=O) groups excluding carboxylic acids is 1. The standard InChI is InChI=1S/C23H24N4O2/c1-2-14-29-27-21(28)19-15-24-22(25-16-19)26-23(12-13-23)20-10-8-18(9-11-20)17-6-4-3-5-7-17/h3-11,15-16H,2,12-14H2,1H3,(H,27,28)(H,24,25,26). The molecule has 0 spiro atoms. The van der Waals surface area contributed by atoms with Crippen molar-refractivity contribution in [2.24, 2.45) is 0 Å². The Labute approximate surface area is 170 Å². The van der Waals surface area contributed by atoms with Crippen molar-refractivity contribution in [3.63, 3.8) is 0 Å². The Morgan fingerprint density at radius 3 is 2.28 bits per heavy atom. The summed E-state index contributed by atoms with van der Waals surface area (Å²) < 4.78 is 0. The molecule has 6 nitrogen and oxygen atoms in total. The van der Waals surface area contributed by atoms with E-state index in [4.69, 9.17) is 4.84 Å². The topological polar surface area (TPSA) is 76.1 Å². The van der Waals surface area contributed by atoms with Gasteiger partial charge in [-0.1, -0.05) is 61.5 Å². The highest BCUT2D eigenvalue weighted by molar-refractivity contribution is 5.92. The van der Waals surface area contributed by atoms with E-state index in [0.29, 0.717) is 18.1 Å². The third-order valence-electron chi connectivity index (χ3n) is 5.03. The fourth-order valence-corrected chi connectivity index (χ4v) is 3.22. The van der Waals surface area contributed by atoms with Crippen LogP contribution in [0, 0.1) is 0 Å². The molecule has 3 aromatic rings. The van der Waals surface area contributed by atoms with Crippen LogP contribution in [0.1, 0.15) is 42.1 Å². The van der Waals surface area contributed by atoms with E-state index in [0.717, 1.165) is 19.3 Å². The molecular formula is C23H24N4O2. The van der Waals surface area contributed by atoms with E-state index in [-0.39, 0.29) is 11.4 Å². The van der Waals surface area contributed by atoms with Crippen molar-refractivity contribution in [1.29, 1.82) is 0 Å². The van der Waals surface area contributed by atoms with Crippen molar-refractivity contribution in [2.75, 3.05) is 11.9 Å². The highest BCUT2D eigenvalue weighted by Gasteiger charge is 2.45. The highest BCUT2D eigenvalue weighted by Crippen LogP contribution is 2.48. The molecule has 0 atom stereocenters. The average molecular weight is 388 g/mol. The predicted octanol–water partition coefficient (Wildman–Crippen LogP) is 4.32. The second-order valence-corrected chi connectivity index (χ2v) is 7.23. The number of rotatable bonds is 8. The first kappa shape index (κ1) is 19.1. The van der Waals surface area contributed by atoms with E-state index < -0.39 is 0 Å². The van der Waals surface area contributed by atoms with Gasteiger partial charge >= 0.3 is 0 Å². The number of anilines is 1. The lowest BCUT2D eigenvalue weighted by Gasteiger charge is -2.18. The molecule has 0 radical (unpaired) electrons. The van der Waals surface area contributed by atoms with Crippen LogP contribution in [-0.2, 0) is 10.4 Å². The first-order chi connectivity index (χ1) is 14.2. The van der Waals surface area contributed by atoms with Gasteiger partial charge in [0.1, 0.15) is 0 Å². The van der Waals surface area contributed by atoms with E-state index >= 15 is 0 Å². The average Bonchev–Trinajstić information content (AvgIpc) is 3.56. The molecule has 29 heavy (non-hydrogen) atoms. The molecule has 1 aliphatic rings.